The molecule has 0 atom stereocenters. The number of carboxylic acids is 1. The van der Waals surface area contributed by atoms with Crippen LogP contribution in [0.15, 0.2) is 24.3 Å². The average molecular weight is 236 g/mol. The Morgan fingerprint density at radius 1 is 1.29 bits per heavy atom. The summed E-state index contributed by atoms with van der Waals surface area (Å²) < 4.78 is 5.79. The lowest BCUT2D eigenvalue weighted by atomic mass is 10.0. The third kappa shape index (κ3) is 4.89. The van der Waals surface area contributed by atoms with E-state index in [1.54, 1.807) is 0 Å². The zero-order chi connectivity index (χ0) is 12.9. The van der Waals surface area contributed by atoms with Crippen molar-refractivity contribution in [1.82, 2.24) is 0 Å². The normalized spacial score (nSPS) is 11.2. The van der Waals surface area contributed by atoms with Gasteiger partial charge in [0.05, 0.1) is 0 Å². The molecule has 0 saturated heterocycles. The van der Waals surface area contributed by atoms with Crippen molar-refractivity contribution in [3.8, 4) is 5.75 Å². The van der Waals surface area contributed by atoms with E-state index < -0.39 is 11.6 Å². The summed E-state index contributed by atoms with van der Waals surface area (Å²) in [7, 11) is 0. The first kappa shape index (κ1) is 13.6. The first-order valence-electron chi connectivity index (χ1n) is 5.93. The average Bonchev–Trinajstić information content (AvgIpc) is 2.27. The number of aryl methyl sites for hydroxylation is 1. The molecule has 0 aliphatic carbocycles. The van der Waals surface area contributed by atoms with Crippen LogP contribution in [0.4, 0.5) is 0 Å². The fourth-order valence-electron chi connectivity index (χ4n) is 1.57. The second-order valence-corrected chi connectivity index (χ2v) is 4.75. The van der Waals surface area contributed by atoms with Crippen LogP contribution < -0.4 is 4.74 Å². The Morgan fingerprint density at radius 3 is 2.35 bits per heavy atom. The van der Waals surface area contributed by atoms with E-state index in [9.17, 15) is 4.79 Å². The zero-order valence-corrected chi connectivity index (χ0v) is 10.7. The van der Waals surface area contributed by atoms with Crippen LogP contribution >= 0.6 is 0 Å². The Hall–Kier alpha value is -1.51. The van der Waals surface area contributed by atoms with Gasteiger partial charge < -0.3 is 9.84 Å². The third-order valence-corrected chi connectivity index (χ3v) is 2.67. The van der Waals surface area contributed by atoms with Crippen molar-refractivity contribution in [2.24, 2.45) is 0 Å². The second kappa shape index (κ2) is 5.71. The van der Waals surface area contributed by atoms with Crippen molar-refractivity contribution < 1.29 is 14.6 Å². The Bertz CT molecular complexity index is 366. The standard InChI is InChI=1S/C14H20O3/c1-4-11-5-7-12(8-6-11)17-14(2,3)10-9-13(15)16/h5-8H,4,9-10H2,1-3H3,(H,15,16). The summed E-state index contributed by atoms with van der Waals surface area (Å²) in [6, 6.07) is 7.92. The first-order valence-corrected chi connectivity index (χ1v) is 5.93. The number of aliphatic carboxylic acids is 1. The Kier molecular flexibility index (Phi) is 4.55. The molecule has 0 fully saturated rings. The predicted octanol–water partition coefficient (Wildman–Crippen LogP) is 3.27. The molecule has 3 nitrogen and oxygen atoms in total. The molecular weight excluding hydrogens is 216 g/mol. The van der Waals surface area contributed by atoms with E-state index in [0.717, 1.165) is 12.2 Å². The molecule has 0 bridgehead atoms. The molecule has 0 aliphatic rings. The molecule has 1 rings (SSSR count). The number of hydrogen-bond donors (Lipinski definition) is 1. The molecule has 0 heterocycles. The molecule has 1 aromatic rings. The van der Waals surface area contributed by atoms with E-state index in [0.29, 0.717) is 6.42 Å². The van der Waals surface area contributed by atoms with Gasteiger partial charge in [-0.25, -0.2) is 0 Å². The van der Waals surface area contributed by atoms with Crippen molar-refractivity contribution in [2.75, 3.05) is 0 Å². The highest BCUT2D eigenvalue weighted by Gasteiger charge is 2.20. The smallest absolute Gasteiger partial charge is 0.303 e. The Morgan fingerprint density at radius 2 is 1.88 bits per heavy atom. The highest BCUT2D eigenvalue weighted by Crippen LogP contribution is 2.22. The van der Waals surface area contributed by atoms with Gasteiger partial charge in [-0.1, -0.05) is 19.1 Å². The number of hydrogen-bond acceptors (Lipinski definition) is 2. The molecule has 0 radical (unpaired) electrons. The van der Waals surface area contributed by atoms with Gasteiger partial charge in [-0.05, 0) is 44.4 Å². The zero-order valence-electron chi connectivity index (χ0n) is 10.7. The highest BCUT2D eigenvalue weighted by molar-refractivity contribution is 5.66. The van der Waals surface area contributed by atoms with Crippen molar-refractivity contribution in [1.29, 1.82) is 0 Å². The van der Waals surface area contributed by atoms with E-state index in [1.807, 2.05) is 38.1 Å². The van der Waals surface area contributed by atoms with Gasteiger partial charge in [-0.2, -0.15) is 0 Å². The Balaban J connectivity index is 2.58. The van der Waals surface area contributed by atoms with Crippen LogP contribution in [0.2, 0.25) is 0 Å². The van der Waals surface area contributed by atoms with E-state index in [4.69, 9.17) is 9.84 Å². The van der Waals surface area contributed by atoms with Crippen LogP contribution in [0.3, 0.4) is 0 Å². The van der Waals surface area contributed by atoms with Crippen LogP contribution in [-0.2, 0) is 11.2 Å². The van der Waals surface area contributed by atoms with Crippen molar-refractivity contribution in [3.05, 3.63) is 29.8 Å². The third-order valence-electron chi connectivity index (χ3n) is 2.67. The highest BCUT2D eigenvalue weighted by atomic mass is 16.5. The Labute approximate surface area is 102 Å². The summed E-state index contributed by atoms with van der Waals surface area (Å²) >= 11 is 0. The molecule has 0 saturated carbocycles. The quantitative estimate of drug-likeness (QED) is 0.824. The van der Waals surface area contributed by atoms with E-state index in [1.165, 1.54) is 5.56 Å². The lowest BCUT2D eigenvalue weighted by Gasteiger charge is -2.26. The van der Waals surface area contributed by atoms with Gasteiger partial charge >= 0.3 is 5.97 Å². The number of ether oxygens (including phenoxy) is 1. The minimum absolute atomic E-state index is 0.125. The molecule has 0 amide bonds. The summed E-state index contributed by atoms with van der Waals surface area (Å²) in [5, 5.41) is 8.66. The molecule has 94 valence electrons. The fraction of sp³-hybridized carbons (Fsp3) is 0.500. The van der Waals surface area contributed by atoms with Gasteiger partial charge in [0, 0.05) is 6.42 Å². The van der Waals surface area contributed by atoms with Crippen LogP contribution in [0, 0.1) is 0 Å². The maximum absolute atomic E-state index is 10.5. The second-order valence-electron chi connectivity index (χ2n) is 4.75. The maximum atomic E-state index is 10.5. The lowest BCUT2D eigenvalue weighted by molar-refractivity contribution is -0.138. The minimum atomic E-state index is -0.789. The molecule has 3 heteroatoms. The molecule has 0 aliphatic heterocycles. The van der Waals surface area contributed by atoms with E-state index in [2.05, 4.69) is 6.92 Å². The van der Waals surface area contributed by atoms with Crippen LogP contribution in [0.5, 0.6) is 5.75 Å². The monoisotopic (exact) mass is 236 g/mol. The summed E-state index contributed by atoms with van der Waals surface area (Å²) in [4.78, 5) is 10.5. The van der Waals surface area contributed by atoms with Gasteiger partial charge in [0.15, 0.2) is 0 Å². The van der Waals surface area contributed by atoms with Gasteiger partial charge in [0.25, 0.3) is 0 Å². The van der Waals surface area contributed by atoms with E-state index >= 15 is 0 Å². The topological polar surface area (TPSA) is 46.5 Å². The van der Waals surface area contributed by atoms with Crippen molar-refractivity contribution >= 4 is 5.97 Å². The van der Waals surface area contributed by atoms with Crippen molar-refractivity contribution in [3.63, 3.8) is 0 Å². The van der Waals surface area contributed by atoms with Crippen LogP contribution in [-0.4, -0.2) is 16.7 Å². The molecule has 17 heavy (non-hydrogen) atoms. The lowest BCUT2D eigenvalue weighted by Crippen LogP contribution is -2.29. The van der Waals surface area contributed by atoms with Gasteiger partial charge in [0.1, 0.15) is 11.4 Å². The van der Waals surface area contributed by atoms with Crippen LogP contribution in [0.25, 0.3) is 0 Å². The summed E-state index contributed by atoms with van der Waals surface area (Å²) in [5.41, 5.74) is 0.812. The molecule has 1 aromatic carbocycles. The largest absolute Gasteiger partial charge is 0.488 e. The number of rotatable bonds is 6. The predicted molar refractivity (Wildman–Crippen MR) is 67.4 cm³/mol. The molecule has 0 aromatic heterocycles. The molecule has 1 N–H and O–H groups in total. The minimum Gasteiger partial charge on any atom is -0.488 e. The number of carbonyl (C=O) groups is 1. The number of carboxylic acid groups (broad SMARTS) is 1. The van der Waals surface area contributed by atoms with Crippen molar-refractivity contribution in [2.45, 2.75) is 45.6 Å². The molecule has 0 spiro atoms. The SMILES string of the molecule is CCc1ccc(OC(C)(C)CCC(=O)O)cc1. The van der Waals surface area contributed by atoms with E-state index in [-0.39, 0.29) is 6.42 Å². The summed E-state index contributed by atoms with van der Waals surface area (Å²) in [5.74, 6) is 0.000551. The van der Waals surface area contributed by atoms with Gasteiger partial charge in [-0.3, -0.25) is 4.79 Å². The van der Waals surface area contributed by atoms with Gasteiger partial charge in [0.2, 0.25) is 0 Å². The molecular formula is C14H20O3. The molecule has 0 unspecified atom stereocenters. The van der Waals surface area contributed by atoms with Gasteiger partial charge in [-0.15, -0.1) is 0 Å². The summed E-state index contributed by atoms with van der Waals surface area (Å²) in [6.07, 6.45) is 1.63. The van der Waals surface area contributed by atoms with Crippen LogP contribution in [0.1, 0.15) is 39.2 Å². The first-order chi connectivity index (χ1) is 7.93. The number of benzene rings is 1. The fourth-order valence-corrected chi connectivity index (χ4v) is 1.57. The summed E-state index contributed by atoms with van der Waals surface area (Å²) in [6.45, 7) is 5.92. The maximum Gasteiger partial charge on any atom is 0.303 e.